The molecule has 0 atom stereocenters. The number of rotatable bonds is 2. The van der Waals surface area contributed by atoms with Gasteiger partial charge in [-0.3, -0.25) is 15.6 Å². The van der Waals surface area contributed by atoms with Crippen LogP contribution in [-0.4, -0.2) is 11.0 Å². The van der Waals surface area contributed by atoms with Crippen LogP contribution in [0.4, 0.5) is 24.5 Å². The number of nitrogen functional groups attached to an aromatic ring is 1. The topological polar surface area (TPSA) is 79.2 Å². The Kier molecular flexibility index (Phi) is 5.24. The van der Waals surface area contributed by atoms with Crippen molar-refractivity contribution in [1.82, 2.24) is 10.9 Å². The Labute approximate surface area is 141 Å². The van der Waals surface area contributed by atoms with Crippen molar-refractivity contribution in [3.05, 3.63) is 59.7 Å². The number of hydrogen-bond acceptors (Lipinski definition) is 3. The molecule has 0 aliphatic carbocycles. The third-order valence-corrected chi connectivity index (χ3v) is 3.15. The van der Waals surface area contributed by atoms with Crippen molar-refractivity contribution in [3.63, 3.8) is 0 Å². The first kappa shape index (κ1) is 17.5. The van der Waals surface area contributed by atoms with Crippen molar-refractivity contribution in [2.24, 2.45) is 0 Å². The number of carbonyl (C=O) groups excluding carboxylic acids is 1. The van der Waals surface area contributed by atoms with E-state index < -0.39 is 17.6 Å². The maximum absolute atomic E-state index is 12.9. The zero-order valence-corrected chi connectivity index (χ0v) is 13.0. The molecule has 2 aromatic carbocycles. The summed E-state index contributed by atoms with van der Waals surface area (Å²) in [6, 6.07) is 11.0. The third-order valence-electron chi connectivity index (χ3n) is 2.94. The number of nitrogens with two attached hydrogens (primary N) is 1. The number of alkyl halides is 3. The van der Waals surface area contributed by atoms with E-state index in [1.54, 1.807) is 12.1 Å². The summed E-state index contributed by atoms with van der Waals surface area (Å²) in [6.07, 6.45) is -4.52. The Morgan fingerprint density at radius 1 is 1.00 bits per heavy atom. The fraction of sp³-hybridized carbons (Fsp3) is 0.0667. The number of para-hydroxylation sites is 1. The van der Waals surface area contributed by atoms with Crippen LogP contribution in [0.1, 0.15) is 15.9 Å². The van der Waals surface area contributed by atoms with Gasteiger partial charge in [-0.05, 0) is 48.6 Å². The highest BCUT2D eigenvalue weighted by molar-refractivity contribution is 7.80. The van der Waals surface area contributed by atoms with E-state index >= 15 is 0 Å². The average Bonchev–Trinajstić information content (AvgIpc) is 2.53. The van der Waals surface area contributed by atoms with Gasteiger partial charge in [0.05, 0.1) is 11.3 Å². The van der Waals surface area contributed by atoms with E-state index in [1.165, 1.54) is 30.3 Å². The molecule has 9 heteroatoms. The van der Waals surface area contributed by atoms with Crippen molar-refractivity contribution in [1.29, 1.82) is 0 Å². The van der Waals surface area contributed by atoms with Crippen LogP contribution in [0.25, 0.3) is 0 Å². The summed E-state index contributed by atoms with van der Waals surface area (Å²) in [5.74, 6) is -0.511. The van der Waals surface area contributed by atoms with Gasteiger partial charge in [0.1, 0.15) is 0 Å². The minimum absolute atomic E-state index is 0.185. The van der Waals surface area contributed by atoms with Crippen molar-refractivity contribution in [2.45, 2.75) is 6.18 Å². The van der Waals surface area contributed by atoms with Gasteiger partial charge in [-0.25, -0.2) is 0 Å². The molecule has 0 spiro atoms. The summed E-state index contributed by atoms with van der Waals surface area (Å²) in [4.78, 5) is 11.9. The molecule has 0 unspecified atom stereocenters. The van der Waals surface area contributed by atoms with Crippen LogP contribution in [0.2, 0.25) is 0 Å². The molecule has 1 amide bonds. The summed E-state index contributed by atoms with van der Waals surface area (Å²) in [7, 11) is 0. The zero-order chi connectivity index (χ0) is 17.7. The Morgan fingerprint density at radius 2 is 1.62 bits per heavy atom. The van der Waals surface area contributed by atoms with E-state index in [4.69, 9.17) is 18.0 Å². The lowest BCUT2D eigenvalue weighted by Crippen LogP contribution is -2.43. The van der Waals surface area contributed by atoms with Crippen molar-refractivity contribution in [3.8, 4) is 0 Å². The molecule has 0 bridgehead atoms. The van der Waals surface area contributed by atoms with Gasteiger partial charge < -0.3 is 11.1 Å². The van der Waals surface area contributed by atoms with Crippen molar-refractivity contribution < 1.29 is 18.0 Å². The molecule has 0 saturated heterocycles. The molecule has 0 radical (unpaired) electrons. The number of hydrazine groups is 1. The number of halogens is 3. The van der Waals surface area contributed by atoms with E-state index in [-0.39, 0.29) is 10.8 Å². The first-order valence-electron chi connectivity index (χ1n) is 6.66. The molecular weight excluding hydrogens is 341 g/mol. The number of carbonyl (C=O) groups is 1. The highest BCUT2D eigenvalue weighted by Crippen LogP contribution is 2.34. The molecule has 126 valence electrons. The molecule has 5 N–H and O–H groups in total. The number of nitrogens with one attached hydrogen (secondary N) is 3. The summed E-state index contributed by atoms with van der Waals surface area (Å²) in [6.45, 7) is 0. The van der Waals surface area contributed by atoms with E-state index in [1.807, 2.05) is 0 Å². The second-order valence-electron chi connectivity index (χ2n) is 4.70. The van der Waals surface area contributed by atoms with E-state index in [2.05, 4.69) is 16.2 Å². The first-order chi connectivity index (χ1) is 11.3. The summed E-state index contributed by atoms with van der Waals surface area (Å²) >= 11 is 4.88. The number of anilines is 2. The number of benzene rings is 2. The monoisotopic (exact) mass is 354 g/mol. The highest BCUT2D eigenvalue weighted by Gasteiger charge is 2.33. The number of thiocarbonyl (C=S) groups is 1. The van der Waals surface area contributed by atoms with Crippen LogP contribution in [0.3, 0.4) is 0 Å². The molecule has 0 heterocycles. The van der Waals surface area contributed by atoms with E-state index in [9.17, 15) is 18.0 Å². The van der Waals surface area contributed by atoms with Crippen LogP contribution in [0, 0.1) is 0 Å². The van der Waals surface area contributed by atoms with Crippen LogP contribution >= 0.6 is 12.2 Å². The minimum Gasteiger partial charge on any atom is -0.399 e. The zero-order valence-electron chi connectivity index (χ0n) is 12.1. The normalized spacial score (nSPS) is 10.8. The first-order valence-corrected chi connectivity index (χ1v) is 7.07. The SMILES string of the molecule is Nc1ccc(C(=O)NNC(=S)Nc2ccccc2C(F)(F)F)cc1. The van der Waals surface area contributed by atoms with Crippen molar-refractivity contribution >= 4 is 34.6 Å². The maximum Gasteiger partial charge on any atom is 0.418 e. The van der Waals surface area contributed by atoms with Gasteiger partial charge in [0, 0.05) is 11.3 Å². The number of hydrogen-bond donors (Lipinski definition) is 4. The van der Waals surface area contributed by atoms with Gasteiger partial charge in [-0.2, -0.15) is 13.2 Å². The maximum atomic E-state index is 12.9. The Morgan fingerprint density at radius 3 is 2.25 bits per heavy atom. The van der Waals surface area contributed by atoms with Gasteiger partial charge in [-0.15, -0.1) is 0 Å². The van der Waals surface area contributed by atoms with E-state index in [0.29, 0.717) is 11.3 Å². The Hall–Kier alpha value is -2.81. The number of amides is 1. The summed E-state index contributed by atoms with van der Waals surface area (Å²) in [5.41, 5.74) is 9.88. The lowest BCUT2D eigenvalue weighted by Gasteiger charge is -2.16. The standard InChI is InChI=1S/C15H13F3N4OS/c16-15(17,18)11-3-1-2-4-12(11)20-14(24)22-21-13(23)9-5-7-10(19)8-6-9/h1-8H,19H2,(H,21,23)(H2,20,22,24). The molecule has 2 aromatic rings. The molecule has 0 aliphatic heterocycles. The summed E-state index contributed by atoms with van der Waals surface area (Å²) in [5, 5.41) is 2.21. The smallest absolute Gasteiger partial charge is 0.399 e. The van der Waals surface area contributed by atoms with Crippen LogP contribution in [0.15, 0.2) is 48.5 Å². The minimum atomic E-state index is -4.52. The molecule has 0 aliphatic rings. The molecule has 2 rings (SSSR count). The van der Waals surface area contributed by atoms with Crippen LogP contribution in [0.5, 0.6) is 0 Å². The second-order valence-corrected chi connectivity index (χ2v) is 5.11. The molecule has 0 fully saturated rings. The largest absolute Gasteiger partial charge is 0.418 e. The average molecular weight is 354 g/mol. The van der Waals surface area contributed by atoms with Gasteiger partial charge in [0.25, 0.3) is 5.91 Å². The predicted molar refractivity (Wildman–Crippen MR) is 89.1 cm³/mol. The lowest BCUT2D eigenvalue weighted by atomic mass is 10.2. The fourth-order valence-electron chi connectivity index (χ4n) is 1.81. The highest BCUT2D eigenvalue weighted by atomic mass is 32.1. The van der Waals surface area contributed by atoms with Crippen molar-refractivity contribution in [2.75, 3.05) is 11.1 Å². The molecular formula is C15H13F3N4OS. The Bertz CT molecular complexity index is 747. The lowest BCUT2D eigenvalue weighted by molar-refractivity contribution is -0.136. The fourth-order valence-corrected chi connectivity index (χ4v) is 1.97. The summed E-state index contributed by atoms with van der Waals surface area (Å²) < 4.78 is 38.6. The second kappa shape index (κ2) is 7.18. The third kappa shape index (κ3) is 4.59. The molecule has 0 aromatic heterocycles. The van der Waals surface area contributed by atoms with Gasteiger partial charge >= 0.3 is 6.18 Å². The molecule has 0 saturated carbocycles. The van der Waals surface area contributed by atoms with E-state index in [0.717, 1.165) is 6.07 Å². The van der Waals surface area contributed by atoms with Gasteiger partial charge in [0.15, 0.2) is 5.11 Å². The molecule has 24 heavy (non-hydrogen) atoms. The van der Waals surface area contributed by atoms with Crippen LogP contribution in [-0.2, 0) is 6.18 Å². The van der Waals surface area contributed by atoms with Crippen LogP contribution < -0.4 is 21.9 Å². The van der Waals surface area contributed by atoms with Gasteiger partial charge in [0.2, 0.25) is 0 Å². The molecule has 5 nitrogen and oxygen atoms in total. The van der Waals surface area contributed by atoms with Gasteiger partial charge in [-0.1, -0.05) is 12.1 Å². The quantitative estimate of drug-likeness (QED) is 0.379. The Balaban J connectivity index is 1.97. The predicted octanol–water partition coefficient (Wildman–Crippen LogP) is 2.92.